The number of pyridine rings is 1. The van der Waals surface area contributed by atoms with E-state index in [1.807, 2.05) is 6.92 Å². The van der Waals surface area contributed by atoms with Gasteiger partial charge in [-0.15, -0.1) is 0 Å². The molecule has 1 heterocycles. The molecule has 1 aromatic heterocycles. The Hall–Kier alpha value is -0.880. The lowest BCUT2D eigenvalue weighted by Gasteiger charge is -2.34. The van der Waals surface area contributed by atoms with Crippen LogP contribution < -0.4 is 0 Å². The van der Waals surface area contributed by atoms with Gasteiger partial charge in [0.05, 0.1) is 9.92 Å². The maximum atomic E-state index is 13.0. The SMILES string of the molecule is CN(C1(C)CCCC1)S(=O)(=O)c1ccc2c(Cl)cnc(Cl)c2c1. The molecule has 124 valence electrons. The van der Waals surface area contributed by atoms with E-state index in [1.54, 1.807) is 25.2 Å². The molecule has 0 N–H and O–H groups in total. The first-order valence-corrected chi connectivity index (χ1v) is 9.68. The molecule has 4 nitrogen and oxygen atoms in total. The van der Waals surface area contributed by atoms with E-state index in [1.165, 1.54) is 10.5 Å². The average Bonchev–Trinajstić information content (AvgIpc) is 2.98. The van der Waals surface area contributed by atoms with Crippen LogP contribution >= 0.6 is 23.2 Å². The van der Waals surface area contributed by atoms with Crippen LogP contribution in [0.2, 0.25) is 10.2 Å². The molecule has 1 aromatic carbocycles. The molecule has 23 heavy (non-hydrogen) atoms. The lowest BCUT2D eigenvalue weighted by atomic mass is 10.0. The first-order valence-electron chi connectivity index (χ1n) is 7.48. The summed E-state index contributed by atoms with van der Waals surface area (Å²) in [6, 6.07) is 4.82. The Balaban J connectivity index is 2.10. The lowest BCUT2D eigenvalue weighted by Crippen LogP contribution is -2.45. The quantitative estimate of drug-likeness (QED) is 0.745. The number of halogens is 2. The van der Waals surface area contributed by atoms with Crippen LogP contribution in [0.3, 0.4) is 0 Å². The smallest absolute Gasteiger partial charge is 0.242 e. The molecule has 0 unspecified atom stereocenters. The van der Waals surface area contributed by atoms with Gasteiger partial charge in [0.25, 0.3) is 0 Å². The minimum Gasteiger partial charge on any atom is -0.242 e. The number of nitrogens with zero attached hydrogens (tertiary/aromatic N) is 2. The maximum Gasteiger partial charge on any atom is 0.243 e. The Kier molecular flexibility index (Phi) is 4.34. The van der Waals surface area contributed by atoms with Gasteiger partial charge in [0, 0.05) is 29.6 Å². The zero-order valence-corrected chi connectivity index (χ0v) is 15.3. The van der Waals surface area contributed by atoms with Crippen molar-refractivity contribution in [3.8, 4) is 0 Å². The van der Waals surface area contributed by atoms with E-state index in [2.05, 4.69) is 4.98 Å². The van der Waals surface area contributed by atoms with Gasteiger partial charge in [-0.25, -0.2) is 13.4 Å². The topological polar surface area (TPSA) is 50.3 Å². The van der Waals surface area contributed by atoms with Crippen molar-refractivity contribution in [1.29, 1.82) is 0 Å². The van der Waals surface area contributed by atoms with Crippen molar-refractivity contribution in [3.63, 3.8) is 0 Å². The van der Waals surface area contributed by atoms with E-state index in [9.17, 15) is 8.42 Å². The molecule has 1 aliphatic rings. The second-order valence-corrected chi connectivity index (χ2v) is 9.02. The zero-order chi connectivity index (χ0) is 16.8. The van der Waals surface area contributed by atoms with Crippen molar-refractivity contribution < 1.29 is 8.42 Å². The van der Waals surface area contributed by atoms with E-state index in [-0.39, 0.29) is 15.6 Å². The molecule has 0 saturated heterocycles. The predicted octanol–water partition coefficient (Wildman–Crippen LogP) is 4.49. The molecule has 2 aromatic rings. The molecule has 0 amide bonds. The van der Waals surface area contributed by atoms with Crippen molar-refractivity contribution in [2.45, 2.75) is 43.0 Å². The van der Waals surface area contributed by atoms with E-state index >= 15 is 0 Å². The summed E-state index contributed by atoms with van der Waals surface area (Å²) in [5.41, 5.74) is -0.329. The van der Waals surface area contributed by atoms with Crippen LogP contribution in [0.5, 0.6) is 0 Å². The Bertz CT molecular complexity index is 862. The minimum atomic E-state index is -3.60. The average molecular weight is 373 g/mol. The van der Waals surface area contributed by atoms with Crippen molar-refractivity contribution in [3.05, 3.63) is 34.6 Å². The highest BCUT2D eigenvalue weighted by atomic mass is 35.5. The number of sulfonamides is 1. The molecule has 0 spiro atoms. The summed E-state index contributed by atoms with van der Waals surface area (Å²) >= 11 is 12.2. The molecule has 0 radical (unpaired) electrons. The summed E-state index contributed by atoms with van der Waals surface area (Å²) < 4.78 is 27.5. The van der Waals surface area contributed by atoms with E-state index < -0.39 is 10.0 Å². The second-order valence-electron chi connectivity index (χ2n) is 6.28. The molecule has 7 heteroatoms. The number of hydrogen-bond donors (Lipinski definition) is 0. The number of benzene rings is 1. The van der Waals surface area contributed by atoms with Gasteiger partial charge in [-0.3, -0.25) is 0 Å². The molecule has 1 saturated carbocycles. The third kappa shape index (κ3) is 2.84. The van der Waals surface area contributed by atoms with Crippen molar-refractivity contribution >= 4 is 44.0 Å². The van der Waals surface area contributed by atoms with Crippen LogP contribution in [-0.4, -0.2) is 30.3 Å². The molecule has 3 rings (SSSR count). The van der Waals surface area contributed by atoms with E-state index in [0.717, 1.165) is 25.7 Å². The summed E-state index contributed by atoms with van der Waals surface area (Å²) in [5, 5.41) is 1.94. The van der Waals surface area contributed by atoms with Crippen molar-refractivity contribution in [2.75, 3.05) is 7.05 Å². The normalized spacial score (nSPS) is 18.0. The van der Waals surface area contributed by atoms with Gasteiger partial charge in [-0.1, -0.05) is 42.1 Å². The van der Waals surface area contributed by atoms with Crippen LogP contribution in [0.1, 0.15) is 32.6 Å². The second kappa shape index (κ2) is 5.88. The number of fused-ring (bicyclic) bond motifs is 1. The van der Waals surface area contributed by atoms with Gasteiger partial charge in [0.2, 0.25) is 10.0 Å². The summed E-state index contributed by atoms with van der Waals surface area (Å²) in [7, 11) is -1.94. The summed E-state index contributed by atoms with van der Waals surface area (Å²) in [5.74, 6) is 0. The first-order chi connectivity index (χ1) is 10.8. The number of hydrogen-bond acceptors (Lipinski definition) is 3. The fourth-order valence-electron chi connectivity index (χ4n) is 3.21. The Morgan fingerprint density at radius 3 is 2.48 bits per heavy atom. The Morgan fingerprint density at radius 2 is 1.83 bits per heavy atom. The minimum absolute atomic E-state index is 0.214. The monoisotopic (exact) mass is 372 g/mol. The highest BCUT2D eigenvalue weighted by molar-refractivity contribution is 7.89. The molecule has 0 bridgehead atoms. The first kappa shape index (κ1) is 17.0. The van der Waals surface area contributed by atoms with Crippen LogP contribution in [0.15, 0.2) is 29.3 Å². The lowest BCUT2D eigenvalue weighted by molar-refractivity contribution is 0.247. The molecular formula is C16H18Cl2N2O2S. The third-order valence-electron chi connectivity index (χ3n) is 4.86. The summed E-state index contributed by atoms with van der Waals surface area (Å²) in [6.45, 7) is 2.00. The molecule has 1 fully saturated rings. The van der Waals surface area contributed by atoms with Gasteiger partial charge >= 0.3 is 0 Å². The van der Waals surface area contributed by atoms with Gasteiger partial charge in [-0.05, 0) is 31.9 Å². The van der Waals surface area contributed by atoms with E-state index in [0.29, 0.717) is 15.8 Å². The fourth-order valence-corrected chi connectivity index (χ4v) is 5.22. The van der Waals surface area contributed by atoms with Gasteiger partial charge in [-0.2, -0.15) is 4.31 Å². The number of rotatable bonds is 3. The molecular weight excluding hydrogens is 355 g/mol. The summed E-state index contributed by atoms with van der Waals surface area (Å²) in [4.78, 5) is 4.21. The van der Waals surface area contributed by atoms with Crippen LogP contribution in [0, 0.1) is 0 Å². The van der Waals surface area contributed by atoms with Crippen LogP contribution in [0.25, 0.3) is 10.8 Å². The number of aromatic nitrogens is 1. The summed E-state index contributed by atoms with van der Waals surface area (Å²) in [6.07, 6.45) is 5.33. The molecule has 1 aliphatic carbocycles. The highest BCUT2D eigenvalue weighted by Gasteiger charge is 2.39. The predicted molar refractivity (Wildman–Crippen MR) is 93.6 cm³/mol. The Labute approximate surface area is 146 Å². The molecule has 0 aliphatic heterocycles. The standard InChI is InChI=1S/C16H18Cl2N2O2S/c1-16(7-3-4-8-16)20(2)23(21,22)11-5-6-12-13(9-11)15(18)19-10-14(12)17/h5-6,9-10H,3-4,7-8H2,1-2H3. The largest absolute Gasteiger partial charge is 0.243 e. The van der Waals surface area contributed by atoms with Gasteiger partial charge < -0.3 is 0 Å². The van der Waals surface area contributed by atoms with Crippen LogP contribution in [0.4, 0.5) is 0 Å². The van der Waals surface area contributed by atoms with Crippen LogP contribution in [-0.2, 0) is 10.0 Å². The van der Waals surface area contributed by atoms with Crippen molar-refractivity contribution in [2.24, 2.45) is 0 Å². The Morgan fingerprint density at radius 1 is 1.17 bits per heavy atom. The highest BCUT2D eigenvalue weighted by Crippen LogP contribution is 2.38. The zero-order valence-electron chi connectivity index (χ0n) is 13.0. The van der Waals surface area contributed by atoms with E-state index in [4.69, 9.17) is 23.2 Å². The third-order valence-corrected chi connectivity index (χ3v) is 7.48. The fraction of sp³-hybridized carbons (Fsp3) is 0.438. The van der Waals surface area contributed by atoms with Gasteiger partial charge in [0.15, 0.2) is 0 Å². The maximum absolute atomic E-state index is 13.0. The van der Waals surface area contributed by atoms with Gasteiger partial charge in [0.1, 0.15) is 5.15 Å². The van der Waals surface area contributed by atoms with Crippen molar-refractivity contribution in [1.82, 2.24) is 9.29 Å². The molecule has 0 atom stereocenters.